The maximum atomic E-state index is 9.09. The minimum Gasteiger partial charge on any atom is -0.381 e. The van der Waals surface area contributed by atoms with Gasteiger partial charge in [0.15, 0.2) is 5.57 Å². The quantitative estimate of drug-likeness (QED) is 0.827. The standard InChI is InChI=1S/C14H10BrN5/c15-11-2-1-3-12(19-10-4-5-10)14(11)20-13(8-18)9(6-16)7-17/h1-3,10,19-20H,4-5H2. The van der Waals surface area contributed by atoms with Crippen LogP contribution in [0.3, 0.4) is 0 Å². The van der Waals surface area contributed by atoms with E-state index in [0.29, 0.717) is 11.7 Å². The van der Waals surface area contributed by atoms with Crippen LogP contribution in [0, 0.1) is 34.0 Å². The first-order chi connectivity index (χ1) is 9.69. The number of rotatable bonds is 4. The van der Waals surface area contributed by atoms with Crippen LogP contribution >= 0.6 is 15.9 Å². The maximum absolute atomic E-state index is 9.09. The van der Waals surface area contributed by atoms with Crippen molar-refractivity contribution in [3.05, 3.63) is 33.9 Å². The van der Waals surface area contributed by atoms with Crippen molar-refractivity contribution in [2.24, 2.45) is 0 Å². The average Bonchev–Trinajstić information content (AvgIpc) is 3.25. The average molecular weight is 328 g/mol. The molecule has 1 aromatic carbocycles. The van der Waals surface area contributed by atoms with E-state index in [1.807, 2.05) is 24.3 Å². The summed E-state index contributed by atoms with van der Waals surface area (Å²) in [6.45, 7) is 0. The zero-order valence-electron chi connectivity index (χ0n) is 10.4. The van der Waals surface area contributed by atoms with Crippen LogP contribution in [0.1, 0.15) is 12.8 Å². The maximum Gasteiger partial charge on any atom is 0.163 e. The second-order valence-corrected chi connectivity index (χ2v) is 5.15. The molecular weight excluding hydrogens is 318 g/mol. The monoisotopic (exact) mass is 327 g/mol. The van der Waals surface area contributed by atoms with Gasteiger partial charge in [-0.15, -0.1) is 0 Å². The fourth-order valence-corrected chi connectivity index (χ4v) is 2.09. The molecule has 0 unspecified atom stereocenters. The molecule has 5 nitrogen and oxygen atoms in total. The Kier molecular flexibility index (Phi) is 4.25. The van der Waals surface area contributed by atoms with Gasteiger partial charge in [-0.05, 0) is 40.9 Å². The molecule has 0 spiro atoms. The Bertz CT molecular complexity index is 667. The number of hydrogen-bond donors (Lipinski definition) is 2. The SMILES string of the molecule is N#CC(C#N)=C(C#N)Nc1c(Br)cccc1NC1CC1. The first-order valence-electron chi connectivity index (χ1n) is 5.96. The largest absolute Gasteiger partial charge is 0.381 e. The smallest absolute Gasteiger partial charge is 0.163 e. The first kappa shape index (κ1) is 13.9. The topological polar surface area (TPSA) is 95.4 Å². The van der Waals surface area contributed by atoms with Crippen LogP contribution in [0.5, 0.6) is 0 Å². The molecule has 6 heteroatoms. The zero-order chi connectivity index (χ0) is 14.5. The van der Waals surface area contributed by atoms with Gasteiger partial charge in [0, 0.05) is 10.5 Å². The normalized spacial score (nSPS) is 12.5. The Morgan fingerprint density at radius 1 is 1.15 bits per heavy atom. The van der Waals surface area contributed by atoms with Crippen molar-refractivity contribution < 1.29 is 0 Å². The Labute approximate surface area is 125 Å². The Morgan fingerprint density at radius 2 is 1.85 bits per heavy atom. The van der Waals surface area contributed by atoms with Gasteiger partial charge in [0.1, 0.15) is 23.9 Å². The van der Waals surface area contributed by atoms with Crippen LogP contribution in [0.4, 0.5) is 11.4 Å². The molecule has 0 amide bonds. The minimum atomic E-state index is -0.236. The number of nitrogens with one attached hydrogen (secondary N) is 2. The number of nitriles is 3. The van der Waals surface area contributed by atoms with Crippen LogP contribution in [-0.2, 0) is 0 Å². The van der Waals surface area contributed by atoms with Gasteiger partial charge in [-0.2, -0.15) is 15.8 Å². The number of benzene rings is 1. The van der Waals surface area contributed by atoms with Gasteiger partial charge in [0.05, 0.1) is 11.4 Å². The second kappa shape index (κ2) is 6.10. The summed E-state index contributed by atoms with van der Waals surface area (Å²) < 4.78 is 0.756. The summed E-state index contributed by atoms with van der Waals surface area (Å²) in [6.07, 6.45) is 2.24. The third kappa shape index (κ3) is 3.09. The second-order valence-electron chi connectivity index (χ2n) is 4.29. The summed E-state index contributed by atoms with van der Waals surface area (Å²) in [5.74, 6) is 0. The fourth-order valence-electron chi connectivity index (χ4n) is 1.63. The lowest BCUT2D eigenvalue weighted by atomic mass is 10.2. The molecule has 0 radical (unpaired) electrons. The van der Waals surface area contributed by atoms with Crippen LogP contribution in [0.2, 0.25) is 0 Å². The van der Waals surface area contributed by atoms with Crippen molar-refractivity contribution in [2.45, 2.75) is 18.9 Å². The van der Waals surface area contributed by atoms with E-state index in [4.69, 9.17) is 15.8 Å². The van der Waals surface area contributed by atoms with Gasteiger partial charge >= 0.3 is 0 Å². The van der Waals surface area contributed by atoms with Crippen LogP contribution < -0.4 is 10.6 Å². The van der Waals surface area contributed by atoms with Gasteiger partial charge in [-0.1, -0.05) is 6.07 Å². The van der Waals surface area contributed by atoms with Crippen molar-refractivity contribution in [2.75, 3.05) is 10.6 Å². The molecule has 1 aliphatic rings. The van der Waals surface area contributed by atoms with Gasteiger partial charge in [0.2, 0.25) is 0 Å². The highest BCUT2D eigenvalue weighted by atomic mass is 79.9. The van der Waals surface area contributed by atoms with E-state index in [2.05, 4.69) is 26.6 Å². The van der Waals surface area contributed by atoms with Crippen molar-refractivity contribution in [1.29, 1.82) is 15.8 Å². The van der Waals surface area contributed by atoms with E-state index in [1.165, 1.54) is 0 Å². The number of nitrogens with zero attached hydrogens (tertiary/aromatic N) is 3. The summed E-state index contributed by atoms with van der Waals surface area (Å²) in [6, 6.07) is 11.3. The van der Waals surface area contributed by atoms with Crippen LogP contribution in [-0.4, -0.2) is 6.04 Å². The molecule has 1 aliphatic carbocycles. The molecule has 1 saturated carbocycles. The van der Waals surface area contributed by atoms with Crippen molar-refractivity contribution in [1.82, 2.24) is 0 Å². The van der Waals surface area contributed by atoms with Crippen molar-refractivity contribution in [3.8, 4) is 18.2 Å². The third-order valence-electron chi connectivity index (χ3n) is 2.79. The number of para-hydroxylation sites is 1. The van der Waals surface area contributed by atoms with Gasteiger partial charge in [0.25, 0.3) is 0 Å². The molecule has 0 atom stereocenters. The van der Waals surface area contributed by atoms with E-state index in [-0.39, 0.29) is 11.3 Å². The molecule has 98 valence electrons. The third-order valence-corrected chi connectivity index (χ3v) is 3.45. The summed E-state index contributed by atoms with van der Waals surface area (Å²) in [4.78, 5) is 0. The molecule has 0 heterocycles. The molecule has 0 saturated heterocycles. The first-order valence-corrected chi connectivity index (χ1v) is 6.75. The predicted octanol–water partition coefficient (Wildman–Crippen LogP) is 3.26. The summed E-state index contributed by atoms with van der Waals surface area (Å²) in [5, 5.41) is 33.0. The van der Waals surface area contributed by atoms with Gasteiger partial charge in [-0.25, -0.2) is 0 Å². The van der Waals surface area contributed by atoms with Crippen LogP contribution in [0.25, 0.3) is 0 Å². The van der Waals surface area contributed by atoms with Gasteiger partial charge < -0.3 is 10.6 Å². The van der Waals surface area contributed by atoms with E-state index >= 15 is 0 Å². The molecule has 1 aromatic rings. The Hall–Kier alpha value is -2.49. The zero-order valence-corrected chi connectivity index (χ0v) is 12.0. The molecule has 2 rings (SSSR count). The van der Waals surface area contributed by atoms with Gasteiger partial charge in [-0.3, -0.25) is 0 Å². The fraction of sp³-hybridized carbons (Fsp3) is 0.214. The predicted molar refractivity (Wildman–Crippen MR) is 78.3 cm³/mol. The Balaban J connectivity index is 2.38. The molecule has 0 bridgehead atoms. The summed E-state index contributed by atoms with van der Waals surface area (Å²) in [7, 11) is 0. The number of halogens is 1. The molecule has 20 heavy (non-hydrogen) atoms. The summed E-state index contributed by atoms with van der Waals surface area (Å²) >= 11 is 3.41. The van der Waals surface area contributed by atoms with E-state index in [9.17, 15) is 0 Å². The highest BCUT2D eigenvalue weighted by Crippen LogP contribution is 2.35. The highest BCUT2D eigenvalue weighted by Gasteiger charge is 2.22. The highest BCUT2D eigenvalue weighted by molar-refractivity contribution is 9.10. The lowest BCUT2D eigenvalue weighted by Crippen LogP contribution is -2.07. The van der Waals surface area contributed by atoms with E-state index in [1.54, 1.807) is 12.1 Å². The molecular formula is C14H10BrN5. The lowest BCUT2D eigenvalue weighted by molar-refractivity contribution is 1.15. The number of anilines is 2. The van der Waals surface area contributed by atoms with Crippen molar-refractivity contribution in [3.63, 3.8) is 0 Å². The molecule has 0 aromatic heterocycles. The molecule has 0 aliphatic heterocycles. The molecule has 2 N–H and O–H groups in total. The Morgan fingerprint density at radius 3 is 2.40 bits per heavy atom. The number of hydrogen-bond acceptors (Lipinski definition) is 5. The summed E-state index contributed by atoms with van der Waals surface area (Å²) in [5.41, 5.74) is 1.20. The van der Waals surface area contributed by atoms with E-state index in [0.717, 1.165) is 23.0 Å². The van der Waals surface area contributed by atoms with Crippen LogP contribution in [0.15, 0.2) is 33.9 Å². The molecule has 1 fully saturated rings. The number of allylic oxidation sites excluding steroid dienone is 2. The van der Waals surface area contributed by atoms with E-state index < -0.39 is 0 Å². The minimum absolute atomic E-state index is 0.0549. The lowest BCUT2D eigenvalue weighted by Gasteiger charge is -2.14. The van der Waals surface area contributed by atoms with Crippen molar-refractivity contribution >= 4 is 27.3 Å².